The van der Waals surface area contributed by atoms with Gasteiger partial charge in [0.25, 0.3) is 12.0 Å². The van der Waals surface area contributed by atoms with Gasteiger partial charge in [-0.3, -0.25) is 4.98 Å². The van der Waals surface area contributed by atoms with Gasteiger partial charge < -0.3 is 4.42 Å². The Morgan fingerprint density at radius 3 is 3.05 bits per heavy atom. The Balaban J connectivity index is 1.97. The topological polar surface area (TPSA) is 47.2 Å². The van der Waals surface area contributed by atoms with Gasteiger partial charge in [-0.05, 0) is 18.2 Å². The van der Waals surface area contributed by atoms with Crippen molar-refractivity contribution in [1.29, 1.82) is 0 Å². The van der Waals surface area contributed by atoms with E-state index < -0.39 is 0 Å². The summed E-state index contributed by atoms with van der Waals surface area (Å²) >= 11 is 0. The molecule has 19 heavy (non-hydrogen) atoms. The van der Waals surface area contributed by atoms with E-state index in [2.05, 4.69) is 26.9 Å². The molecule has 0 bridgehead atoms. The maximum absolute atomic E-state index is 5.88. The minimum Gasteiger partial charge on any atom is -0.396 e. The summed E-state index contributed by atoms with van der Waals surface area (Å²) < 4.78 is 10.1. The first-order valence-electron chi connectivity index (χ1n) is 6.14. The number of imidazole rings is 1. The van der Waals surface area contributed by atoms with Crippen molar-refractivity contribution in [1.82, 2.24) is 14.4 Å². The lowest BCUT2D eigenvalue weighted by Crippen LogP contribution is -2.29. The Morgan fingerprint density at radius 2 is 2.05 bits per heavy atom. The van der Waals surface area contributed by atoms with E-state index in [0.29, 0.717) is 5.71 Å². The third-order valence-corrected chi connectivity index (χ3v) is 3.62. The molecule has 0 spiro atoms. The summed E-state index contributed by atoms with van der Waals surface area (Å²) in [6.45, 7) is 0.845. The first-order valence-corrected chi connectivity index (χ1v) is 6.14. The number of nitrogens with zero attached hydrogens (tertiary/aromatic N) is 4. The fourth-order valence-corrected chi connectivity index (χ4v) is 2.81. The zero-order valence-corrected chi connectivity index (χ0v) is 9.95. The minimum atomic E-state index is 0.658. The molecule has 0 N–H and O–H groups in total. The molecule has 5 heterocycles. The van der Waals surface area contributed by atoms with Crippen LogP contribution in [0.4, 0.5) is 0 Å². The Kier molecular flexibility index (Phi) is 1.46. The first kappa shape index (κ1) is 9.27. The fourth-order valence-electron chi connectivity index (χ4n) is 2.81. The molecule has 4 aromatic heterocycles. The zero-order valence-electron chi connectivity index (χ0n) is 9.95. The van der Waals surface area contributed by atoms with Crippen LogP contribution in [-0.2, 0) is 6.54 Å². The molecule has 90 valence electrons. The highest BCUT2D eigenvalue weighted by Gasteiger charge is 2.33. The van der Waals surface area contributed by atoms with Crippen LogP contribution >= 0.6 is 0 Å². The van der Waals surface area contributed by atoms with E-state index >= 15 is 0 Å². The molecule has 0 radical (unpaired) electrons. The van der Waals surface area contributed by atoms with Gasteiger partial charge in [-0.1, -0.05) is 6.07 Å². The van der Waals surface area contributed by atoms with E-state index in [4.69, 9.17) is 4.42 Å². The second-order valence-electron chi connectivity index (χ2n) is 4.71. The van der Waals surface area contributed by atoms with Crippen molar-refractivity contribution in [3.8, 4) is 11.4 Å². The standard InChI is InChI=1S/C14H9N4O/c1-3-9-7-17-8-18-10-4-2-6-16-13(10)19-14(18)12(17)11(9)15-5-1/h1-6,8H,7H2/q+1. The van der Waals surface area contributed by atoms with Crippen LogP contribution in [0.3, 0.4) is 0 Å². The average Bonchev–Trinajstić information content (AvgIpc) is 3.05. The average molecular weight is 249 g/mol. The van der Waals surface area contributed by atoms with Crippen molar-refractivity contribution in [2.45, 2.75) is 6.54 Å². The van der Waals surface area contributed by atoms with E-state index in [-0.39, 0.29) is 0 Å². The number of oxazole rings is 1. The molecule has 0 atom stereocenters. The molecule has 0 aromatic carbocycles. The highest BCUT2D eigenvalue weighted by atomic mass is 16.4. The predicted octanol–water partition coefficient (Wildman–Crippen LogP) is 1.79. The summed E-state index contributed by atoms with van der Waals surface area (Å²) in [4.78, 5) is 8.73. The SMILES string of the molecule is c1cnc2c(c1)C[n+]1cn3c(oc4ncccc43)c1-2. The molecular weight excluding hydrogens is 240 g/mol. The van der Waals surface area contributed by atoms with Crippen LogP contribution in [-0.4, -0.2) is 14.4 Å². The highest BCUT2D eigenvalue weighted by molar-refractivity contribution is 5.80. The molecule has 0 saturated heterocycles. The van der Waals surface area contributed by atoms with Crippen LogP contribution in [0.2, 0.25) is 0 Å². The molecule has 1 aliphatic rings. The maximum Gasteiger partial charge on any atom is 0.347 e. The normalized spacial score (nSPS) is 13.1. The third kappa shape index (κ3) is 1.03. The third-order valence-electron chi connectivity index (χ3n) is 3.62. The number of rotatable bonds is 0. The van der Waals surface area contributed by atoms with E-state index in [0.717, 1.165) is 29.2 Å². The fraction of sp³-hybridized carbons (Fsp3) is 0.0714. The Hall–Kier alpha value is -2.69. The van der Waals surface area contributed by atoms with Crippen LogP contribution in [0.5, 0.6) is 0 Å². The van der Waals surface area contributed by atoms with E-state index in [1.165, 1.54) is 5.56 Å². The zero-order chi connectivity index (χ0) is 12.4. The second kappa shape index (κ2) is 3.00. The summed E-state index contributed by atoms with van der Waals surface area (Å²) in [6, 6.07) is 8.00. The lowest BCUT2D eigenvalue weighted by atomic mass is 10.2. The number of pyridine rings is 2. The van der Waals surface area contributed by atoms with Crippen molar-refractivity contribution in [3.63, 3.8) is 0 Å². The van der Waals surface area contributed by atoms with Crippen LogP contribution < -0.4 is 4.57 Å². The molecule has 0 amide bonds. The van der Waals surface area contributed by atoms with Crippen LogP contribution in [0.15, 0.2) is 47.4 Å². The molecular formula is C14H9N4O+. The second-order valence-corrected chi connectivity index (χ2v) is 4.71. The van der Waals surface area contributed by atoms with Crippen LogP contribution in [0, 0.1) is 0 Å². The van der Waals surface area contributed by atoms with Gasteiger partial charge in [-0.15, -0.1) is 0 Å². The maximum atomic E-state index is 5.88. The Morgan fingerprint density at radius 1 is 1.16 bits per heavy atom. The highest BCUT2D eigenvalue weighted by Crippen LogP contribution is 2.31. The van der Waals surface area contributed by atoms with E-state index in [9.17, 15) is 0 Å². The van der Waals surface area contributed by atoms with Crippen LogP contribution in [0.1, 0.15) is 5.56 Å². The molecule has 5 nitrogen and oxygen atoms in total. The molecule has 0 fully saturated rings. The van der Waals surface area contributed by atoms with Crippen molar-refractivity contribution in [2.24, 2.45) is 0 Å². The van der Waals surface area contributed by atoms with Gasteiger partial charge in [-0.2, -0.15) is 4.40 Å². The monoisotopic (exact) mass is 249 g/mol. The van der Waals surface area contributed by atoms with Gasteiger partial charge >= 0.3 is 5.71 Å². The molecule has 1 aliphatic heterocycles. The Labute approximate surface area is 107 Å². The summed E-state index contributed by atoms with van der Waals surface area (Å²) in [5, 5.41) is 0. The van der Waals surface area contributed by atoms with Crippen LogP contribution in [0.25, 0.3) is 28.3 Å². The summed E-state index contributed by atoms with van der Waals surface area (Å²) in [6.07, 6.45) is 5.61. The lowest BCUT2D eigenvalue weighted by Gasteiger charge is -1.90. The van der Waals surface area contributed by atoms with E-state index in [1.54, 1.807) is 6.20 Å². The summed E-state index contributed by atoms with van der Waals surface area (Å²) in [5.74, 6) is 0. The predicted molar refractivity (Wildman–Crippen MR) is 67.5 cm³/mol. The molecule has 5 rings (SSSR count). The Bertz CT molecular complexity index is 951. The number of hydrogen-bond donors (Lipinski definition) is 0. The lowest BCUT2D eigenvalue weighted by molar-refractivity contribution is -0.671. The van der Waals surface area contributed by atoms with Gasteiger partial charge in [0.05, 0.1) is 0 Å². The van der Waals surface area contributed by atoms with Gasteiger partial charge in [-0.25, -0.2) is 9.55 Å². The molecule has 0 unspecified atom stereocenters. The molecule has 0 saturated carbocycles. The largest absolute Gasteiger partial charge is 0.396 e. The molecule has 5 heteroatoms. The number of hydrogen-bond acceptors (Lipinski definition) is 3. The van der Waals surface area contributed by atoms with Gasteiger partial charge in [0.1, 0.15) is 12.2 Å². The number of fused-ring (bicyclic) bond motifs is 7. The minimum absolute atomic E-state index is 0.658. The molecule has 4 aromatic rings. The van der Waals surface area contributed by atoms with Crippen molar-refractivity contribution >= 4 is 16.9 Å². The summed E-state index contributed by atoms with van der Waals surface area (Å²) in [7, 11) is 0. The van der Waals surface area contributed by atoms with Crippen molar-refractivity contribution < 1.29 is 8.98 Å². The summed E-state index contributed by atoms with van der Waals surface area (Å²) in [5.41, 5.74) is 5.72. The quantitative estimate of drug-likeness (QED) is 0.393. The number of aromatic nitrogens is 4. The van der Waals surface area contributed by atoms with Crippen molar-refractivity contribution in [3.05, 3.63) is 48.5 Å². The van der Waals surface area contributed by atoms with Crippen molar-refractivity contribution in [2.75, 3.05) is 0 Å². The van der Waals surface area contributed by atoms with Gasteiger partial charge in [0.15, 0.2) is 5.52 Å². The van der Waals surface area contributed by atoms with Gasteiger partial charge in [0.2, 0.25) is 5.69 Å². The first-order chi connectivity index (χ1) is 9.42. The van der Waals surface area contributed by atoms with E-state index in [1.807, 2.05) is 28.8 Å². The smallest absolute Gasteiger partial charge is 0.347 e. The molecule has 0 aliphatic carbocycles. The van der Waals surface area contributed by atoms with Gasteiger partial charge in [0, 0.05) is 18.0 Å².